The minimum absolute atomic E-state index is 0.167. The first-order chi connectivity index (χ1) is 20.0. The number of benzene rings is 2. The topological polar surface area (TPSA) is 95.1 Å². The van der Waals surface area contributed by atoms with Crippen LogP contribution in [0.1, 0.15) is 22.8 Å². The zero-order valence-corrected chi connectivity index (χ0v) is 22.5. The normalized spacial score (nSPS) is 17.3. The summed E-state index contributed by atoms with van der Waals surface area (Å²) < 4.78 is 58.8. The van der Waals surface area contributed by atoms with Crippen LogP contribution in [0.4, 0.5) is 33.9 Å². The van der Waals surface area contributed by atoms with Crippen molar-refractivity contribution in [3.63, 3.8) is 0 Å². The quantitative estimate of drug-likeness (QED) is 0.433. The van der Waals surface area contributed by atoms with Crippen molar-refractivity contribution in [1.82, 2.24) is 15.2 Å². The third kappa shape index (κ3) is 6.29. The van der Waals surface area contributed by atoms with E-state index in [1.165, 1.54) is 30.0 Å². The van der Waals surface area contributed by atoms with E-state index in [9.17, 15) is 27.6 Å². The molecule has 3 aromatic rings. The molecule has 9 nitrogen and oxygen atoms in total. The highest BCUT2D eigenvalue weighted by Crippen LogP contribution is 2.31. The number of pyridine rings is 1. The summed E-state index contributed by atoms with van der Waals surface area (Å²) in [6, 6.07) is 12.1. The molecule has 0 unspecified atom stereocenters. The molecule has 1 aromatic heterocycles. The number of piperazine rings is 1. The van der Waals surface area contributed by atoms with Gasteiger partial charge in [0.15, 0.2) is 0 Å². The maximum absolute atomic E-state index is 15.1. The van der Waals surface area contributed by atoms with E-state index in [2.05, 4.69) is 10.3 Å². The Morgan fingerprint density at radius 3 is 2.33 bits per heavy atom. The maximum Gasteiger partial charge on any atom is 0.416 e. The van der Waals surface area contributed by atoms with E-state index in [0.29, 0.717) is 48.8 Å². The molecule has 2 fully saturated rings. The van der Waals surface area contributed by atoms with Gasteiger partial charge in [-0.15, -0.1) is 0 Å². The van der Waals surface area contributed by atoms with Crippen LogP contribution in [0.2, 0.25) is 0 Å². The number of amides is 3. The fraction of sp³-hybridized carbons (Fsp3) is 0.310. The summed E-state index contributed by atoms with van der Waals surface area (Å²) in [7, 11) is 0. The van der Waals surface area contributed by atoms with E-state index in [1.807, 2.05) is 4.90 Å². The molecule has 13 heteroatoms. The molecule has 3 amide bonds. The second kappa shape index (κ2) is 11.7. The van der Waals surface area contributed by atoms with Gasteiger partial charge in [0.1, 0.15) is 17.7 Å². The van der Waals surface area contributed by atoms with Crippen molar-refractivity contribution in [3.8, 4) is 11.1 Å². The molecule has 2 aliphatic heterocycles. The molecule has 2 aliphatic rings. The van der Waals surface area contributed by atoms with Crippen LogP contribution in [0.15, 0.2) is 60.8 Å². The Hall–Kier alpha value is -4.68. The highest BCUT2D eigenvalue weighted by molar-refractivity contribution is 5.94. The number of ether oxygens (including phenoxy) is 1. The van der Waals surface area contributed by atoms with Crippen molar-refractivity contribution in [1.29, 1.82) is 0 Å². The van der Waals surface area contributed by atoms with Crippen molar-refractivity contribution in [2.24, 2.45) is 0 Å². The third-order valence-electron chi connectivity index (χ3n) is 7.13. The average Bonchev–Trinajstić information content (AvgIpc) is 3.36. The number of cyclic esters (lactones) is 1. The molecule has 0 bridgehead atoms. The summed E-state index contributed by atoms with van der Waals surface area (Å²) in [6.45, 7) is 3.38. The van der Waals surface area contributed by atoms with Crippen molar-refractivity contribution >= 4 is 29.4 Å². The van der Waals surface area contributed by atoms with Gasteiger partial charge in [-0.2, -0.15) is 13.2 Å². The van der Waals surface area contributed by atoms with Gasteiger partial charge in [-0.05, 0) is 54.6 Å². The van der Waals surface area contributed by atoms with E-state index in [1.54, 1.807) is 35.4 Å². The van der Waals surface area contributed by atoms with E-state index in [0.717, 1.165) is 12.1 Å². The number of anilines is 2. The predicted molar refractivity (Wildman–Crippen MR) is 145 cm³/mol. The van der Waals surface area contributed by atoms with E-state index in [4.69, 9.17) is 4.74 Å². The molecule has 1 N–H and O–H groups in total. The number of alkyl halides is 3. The smallest absolute Gasteiger partial charge is 0.416 e. The monoisotopic (exact) mass is 585 g/mol. The molecule has 1 atom stereocenters. The summed E-state index contributed by atoms with van der Waals surface area (Å²) >= 11 is 0. The summed E-state index contributed by atoms with van der Waals surface area (Å²) in [5, 5.41) is 2.59. The number of nitrogens with zero attached hydrogens (tertiary/aromatic N) is 4. The number of carbonyl (C=O) groups excluding carboxylic acids is 3. The molecule has 5 rings (SSSR count). The highest BCUT2D eigenvalue weighted by atomic mass is 19.4. The molecule has 42 heavy (non-hydrogen) atoms. The molecule has 0 aliphatic carbocycles. The Bertz CT molecular complexity index is 1470. The van der Waals surface area contributed by atoms with Crippen LogP contribution in [0.3, 0.4) is 0 Å². The van der Waals surface area contributed by atoms with Gasteiger partial charge in [0.25, 0.3) is 5.91 Å². The van der Waals surface area contributed by atoms with Crippen molar-refractivity contribution in [2.45, 2.75) is 19.2 Å². The van der Waals surface area contributed by atoms with Crippen molar-refractivity contribution in [3.05, 3.63) is 77.7 Å². The Kier molecular flexibility index (Phi) is 8.01. The SMILES string of the molecule is CC(=O)NC[C@H]1CN(c2ccc(-c3ccc(N4CCN(C(=O)c5ccc(C(F)(F)F)cc5)CC4)nc3)c(F)c2)C(=O)O1. The lowest BCUT2D eigenvalue weighted by Gasteiger charge is -2.35. The van der Waals surface area contributed by atoms with Crippen LogP contribution in [0.5, 0.6) is 0 Å². The summed E-state index contributed by atoms with van der Waals surface area (Å²) in [4.78, 5) is 45.5. The molecule has 2 aromatic carbocycles. The molecule has 0 spiro atoms. The van der Waals surface area contributed by atoms with Gasteiger partial charge in [0.2, 0.25) is 5.91 Å². The number of aromatic nitrogens is 1. The second-order valence-corrected chi connectivity index (χ2v) is 9.98. The van der Waals surface area contributed by atoms with E-state index >= 15 is 4.39 Å². The van der Waals surface area contributed by atoms with Crippen LogP contribution in [-0.2, 0) is 15.7 Å². The number of hydrogen-bond donors (Lipinski definition) is 1. The Morgan fingerprint density at radius 2 is 1.74 bits per heavy atom. The molecule has 3 heterocycles. The van der Waals surface area contributed by atoms with Gasteiger partial charge in [-0.3, -0.25) is 14.5 Å². The first-order valence-electron chi connectivity index (χ1n) is 13.2. The van der Waals surface area contributed by atoms with Crippen LogP contribution < -0.4 is 15.1 Å². The highest BCUT2D eigenvalue weighted by Gasteiger charge is 2.33. The lowest BCUT2D eigenvalue weighted by Crippen LogP contribution is -2.49. The number of rotatable bonds is 6. The standard InChI is InChI=1S/C29H27F4N5O4/c1-18(39)34-16-23-17-38(28(41)42-23)22-7-8-24(25(30)14-22)20-4-9-26(35-15-20)36-10-12-37(13-11-36)27(40)19-2-5-21(6-3-19)29(31,32)33/h2-9,14-15,23H,10-13,16-17H2,1H3,(H,34,39)/t23-/m0/s1. The van der Waals surface area contributed by atoms with Gasteiger partial charge < -0.3 is 19.9 Å². The second-order valence-electron chi connectivity index (χ2n) is 9.98. The zero-order chi connectivity index (χ0) is 30.0. The minimum atomic E-state index is -4.46. The third-order valence-corrected chi connectivity index (χ3v) is 7.13. The largest absolute Gasteiger partial charge is 0.442 e. The number of halogens is 4. The van der Waals surface area contributed by atoms with Crippen LogP contribution in [0, 0.1) is 5.82 Å². The fourth-order valence-electron chi connectivity index (χ4n) is 4.86. The minimum Gasteiger partial charge on any atom is -0.442 e. The summed E-state index contributed by atoms with van der Waals surface area (Å²) in [6.07, 6.45) is -4.08. The first kappa shape index (κ1) is 28.8. The number of carbonyl (C=O) groups is 3. The van der Waals surface area contributed by atoms with Gasteiger partial charge in [0, 0.05) is 56.0 Å². The lowest BCUT2D eigenvalue weighted by molar-refractivity contribution is -0.137. The Morgan fingerprint density at radius 1 is 1.02 bits per heavy atom. The van der Waals surface area contributed by atoms with Crippen molar-refractivity contribution < 1.29 is 36.7 Å². The van der Waals surface area contributed by atoms with E-state index < -0.39 is 29.8 Å². The van der Waals surface area contributed by atoms with Gasteiger partial charge in [-0.1, -0.05) is 0 Å². The zero-order valence-electron chi connectivity index (χ0n) is 22.5. The Balaban J connectivity index is 1.18. The predicted octanol–water partition coefficient (Wildman–Crippen LogP) is 4.33. The maximum atomic E-state index is 15.1. The van der Waals surface area contributed by atoms with Gasteiger partial charge in [0.05, 0.1) is 24.3 Å². The van der Waals surface area contributed by atoms with E-state index in [-0.39, 0.29) is 30.5 Å². The number of nitrogens with one attached hydrogen (secondary N) is 1. The first-order valence-corrected chi connectivity index (χ1v) is 13.2. The Labute approximate surface area is 238 Å². The average molecular weight is 586 g/mol. The fourth-order valence-corrected chi connectivity index (χ4v) is 4.86. The number of hydrogen-bond acceptors (Lipinski definition) is 6. The molecular formula is C29H27F4N5O4. The molecular weight excluding hydrogens is 558 g/mol. The molecule has 0 saturated carbocycles. The van der Waals surface area contributed by atoms with Crippen LogP contribution in [0.25, 0.3) is 11.1 Å². The summed E-state index contributed by atoms with van der Waals surface area (Å²) in [5.41, 5.74) is 0.552. The summed E-state index contributed by atoms with van der Waals surface area (Å²) in [5.74, 6) is -0.484. The van der Waals surface area contributed by atoms with Crippen molar-refractivity contribution in [2.75, 3.05) is 49.1 Å². The van der Waals surface area contributed by atoms with Gasteiger partial charge >= 0.3 is 12.3 Å². The van der Waals surface area contributed by atoms with Crippen LogP contribution >= 0.6 is 0 Å². The molecule has 220 valence electrons. The molecule has 2 saturated heterocycles. The lowest BCUT2D eigenvalue weighted by atomic mass is 10.1. The molecule has 0 radical (unpaired) electrons. The van der Waals surface area contributed by atoms with Gasteiger partial charge in [-0.25, -0.2) is 14.2 Å². The van der Waals surface area contributed by atoms with Crippen LogP contribution in [-0.4, -0.2) is 73.2 Å².